The van der Waals surface area contributed by atoms with Crippen molar-refractivity contribution in [1.82, 2.24) is 14.3 Å². The third kappa shape index (κ3) is 3.92. The number of carbonyl (C=O) groups is 1. The molecule has 1 amide bonds. The number of aromatic nitrogens is 2. The summed E-state index contributed by atoms with van der Waals surface area (Å²) in [5.74, 6) is -1.82. The van der Waals surface area contributed by atoms with E-state index < -0.39 is 23.5 Å². The molecule has 0 saturated heterocycles. The van der Waals surface area contributed by atoms with Gasteiger partial charge in [0.05, 0.1) is 5.56 Å². The Balaban J connectivity index is 1.82. The summed E-state index contributed by atoms with van der Waals surface area (Å²) >= 11 is 0. The Hall–Kier alpha value is -2.94. The van der Waals surface area contributed by atoms with E-state index in [1.165, 1.54) is 24.2 Å². The standard InChI is InChI=1S/C18H16F4N4O/c1-25(8-11-2-4-14(19)13(6-11)18(20,21)22)17(27)15-10-26-9-12(7-23)3-5-16(26)24-15/h2-6,9-10H,7-8,23H2,1H3. The fraction of sp³-hybridized carbons (Fsp3) is 0.222. The molecule has 1 aromatic carbocycles. The Morgan fingerprint density at radius 1 is 1.19 bits per heavy atom. The number of carbonyl (C=O) groups excluding carboxylic acids is 1. The fourth-order valence-electron chi connectivity index (χ4n) is 2.69. The summed E-state index contributed by atoms with van der Waals surface area (Å²) in [7, 11) is 1.44. The quantitative estimate of drug-likeness (QED) is 0.707. The number of halogens is 4. The number of benzene rings is 1. The third-order valence-electron chi connectivity index (χ3n) is 4.07. The Bertz CT molecular complexity index is 997. The van der Waals surface area contributed by atoms with Gasteiger partial charge < -0.3 is 15.0 Å². The number of pyridine rings is 1. The number of amides is 1. The molecule has 0 atom stereocenters. The van der Waals surface area contributed by atoms with E-state index in [2.05, 4.69) is 4.98 Å². The van der Waals surface area contributed by atoms with Crippen LogP contribution in [0.3, 0.4) is 0 Å². The Morgan fingerprint density at radius 2 is 1.89 bits per heavy atom. The summed E-state index contributed by atoms with van der Waals surface area (Å²) in [5.41, 5.74) is 5.93. The molecule has 3 rings (SSSR count). The molecule has 0 fully saturated rings. The Morgan fingerprint density at radius 3 is 2.56 bits per heavy atom. The van der Waals surface area contributed by atoms with Crippen molar-refractivity contribution in [1.29, 1.82) is 0 Å². The van der Waals surface area contributed by atoms with Crippen molar-refractivity contribution in [3.05, 3.63) is 70.9 Å². The van der Waals surface area contributed by atoms with E-state index in [9.17, 15) is 22.4 Å². The van der Waals surface area contributed by atoms with Gasteiger partial charge >= 0.3 is 6.18 Å². The highest BCUT2D eigenvalue weighted by Crippen LogP contribution is 2.32. The molecule has 0 saturated carbocycles. The predicted octanol–water partition coefficient (Wildman–Crippen LogP) is 3.22. The molecule has 2 aromatic heterocycles. The second kappa shape index (κ2) is 6.99. The first-order valence-electron chi connectivity index (χ1n) is 7.98. The molecule has 0 aliphatic carbocycles. The zero-order chi connectivity index (χ0) is 19.8. The van der Waals surface area contributed by atoms with Crippen LogP contribution in [-0.4, -0.2) is 27.2 Å². The van der Waals surface area contributed by atoms with E-state index in [-0.39, 0.29) is 17.8 Å². The number of alkyl halides is 3. The van der Waals surface area contributed by atoms with Gasteiger partial charge in [0.25, 0.3) is 5.91 Å². The molecule has 0 unspecified atom stereocenters. The van der Waals surface area contributed by atoms with E-state index in [1.54, 1.807) is 22.7 Å². The topological polar surface area (TPSA) is 63.6 Å². The molecule has 0 bridgehead atoms. The van der Waals surface area contributed by atoms with Gasteiger partial charge in [-0.1, -0.05) is 12.1 Å². The van der Waals surface area contributed by atoms with Crippen molar-refractivity contribution in [2.75, 3.05) is 7.05 Å². The number of hydrogen-bond acceptors (Lipinski definition) is 3. The van der Waals surface area contributed by atoms with Gasteiger partial charge in [-0.05, 0) is 29.3 Å². The van der Waals surface area contributed by atoms with Gasteiger partial charge in [0.15, 0.2) is 0 Å². The number of rotatable bonds is 4. The van der Waals surface area contributed by atoms with Gasteiger partial charge in [-0.3, -0.25) is 4.79 Å². The number of nitrogens with two attached hydrogens (primary N) is 1. The van der Waals surface area contributed by atoms with Gasteiger partial charge in [0.1, 0.15) is 17.2 Å². The van der Waals surface area contributed by atoms with Crippen molar-refractivity contribution in [2.45, 2.75) is 19.3 Å². The second-order valence-corrected chi connectivity index (χ2v) is 6.11. The predicted molar refractivity (Wildman–Crippen MR) is 90.3 cm³/mol. The minimum Gasteiger partial charge on any atom is -0.336 e. The van der Waals surface area contributed by atoms with Crippen molar-refractivity contribution in [3.8, 4) is 0 Å². The van der Waals surface area contributed by atoms with Crippen LogP contribution in [0.15, 0.2) is 42.7 Å². The van der Waals surface area contributed by atoms with Crippen LogP contribution >= 0.6 is 0 Å². The first kappa shape index (κ1) is 18.8. The van der Waals surface area contributed by atoms with Gasteiger partial charge in [-0.15, -0.1) is 0 Å². The molecule has 0 spiro atoms. The molecule has 142 valence electrons. The summed E-state index contributed by atoms with van der Waals surface area (Å²) in [6.07, 6.45) is -1.53. The van der Waals surface area contributed by atoms with Gasteiger partial charge in [0.2, 0.25) is 0 Å². The molecule has 0 radical (unpaired) electrons. The van der Waals surface area contributed by atoms with Crippen LogP contribution in [0.25, 0.3) is 5.65 Å². The fourth-order valence-corrected chi connectivity index (χ4v) is 2.69. The third-order valence-corrected chi connectivity index (χ3v) is 4.07. The summed E-state index contributed by atoms with van der Waals surface area (Å²) < 4.78 is 53.5. The van der Waals surface area contributed by atoms with E-state index >= 15 is 0 Å². The summed E-state index contributed by atoms with van der Waals surface area (Å²) in [6, 6.07) is 6.17. The first-order chi connectivity index (χ1) is 12.7. The average Bonchev–Trinajstić information content (AvgIpc) is 3.04. The van der Waals surface area contributed by atoms with Crippen LogP contribution in [0.5, 0.6) is 0 Å². The van der Waals surface area contributed by atoms with Crippen LogP contribution in [0.2, 0.25) is 0 Å². The maximum atomic E-state index is 13.4. The Kier molecular flexibility index (Phi) is 4.88. The minimum absolute atomic E-state index is 0.121. The highest BCUT2D eigenvalue weighted by Gasteiger charge is 2.34. The lowest BCUT2D eigenvalue weighted by Gasteiger charge is -2.17. The highest BCUT2D eigenvalue weighted by atomic mass is 19.4. The zero-order valence-corrected chi connectivity index (χ0v) is 14.3. The van der Waals surface area contributed by atoms with Crippen molar-refractivity contribution < 1.29 is 22.4 Å². The van der Waals surface area contributed by atoms with Crippen LogP contribution in [0.4, 0.5) is 17.6 Å². The highest BCUT2D eigenvalue weighted by molar-refractivity contribution is 5.92. The maximum Gasteiger partial charge on any atom is 0.419 e. The molecule has 5 nitrogen and oxygen atoms in total. The normalized spacial score (nSPS) is 11.8. The van der Waals surface area contributed by atoms with E-state index in [0.29, 0.717) is 18.3 Å². The van der Waals surface area contributed by atoms with Crippen LogP contribution < -0.4 is 5.73 Å². The monoisotopic (exact) mass is 380 g/mol. The lowest BCUT2D eigenvalue weighted by Crippen LogP contribution is -2.26. The molecule has 9 heteroatoms. The van der Waals surface area contributed by atoms with E-state index in [4.69, 9.17) is 5.73 Å². The average molecular weight is 380 g/mol. The maximum absolute atomic E-state index is 13.4. The lowest BCUT2D eigenvalue weighted by molar-refractivity contribution is -0.140. The molecule has 3 aromatic rings. The van der Waals surface area contributed by atoms with Crippen LogP contribution in [0, 0.1) is 5.82 Å². The van der Waals surface area contributed by atoms with E-state index in [0.717, 1.165) is 11.6 Å². The zero-order valence-electron chi connectivity index (χ0n) is 14.3. The van der Waals surface area contributed by atoms with Crippen LogP contribution in [0.1, 0.15) is 27.2 Å². The van der Waals surface area contributed by atoms with Gasteiger partial charge in [0, 0.05) is 32.5 Å². The van der Waals surface area contributed by atoms with Crippen molar-refractivity contribution >= 4 is 11.6 Å². The SMILES string of the molecule is CN(Cc1ccc(F)c(C(F)(F)F)c1)C(=O)c1cn2cc(CN)ccc2n1. The Labute approximate surface area is 152 Å². The largest absolute Gasteiger partial charge is 0.419 e. The van der Waals surface area contributed by atoms with Gasteiger partial charge in [-0.25, -0.2) is 9.37 Å². The van der Waals surface area contributed by atoms with Gasteiger partial charge in [-0.2, -0.15) is 13.2 Å². The minimum atomic E-state index is -4.80. The van der Waals surface area contributed by atoms with Crippen molar-refractivity contribution in [3.63, 3.8) is 0 Å². The summed E-state index contributed by atoms with van der Waals surface area (Å²) in [6.45, 7) is 0.216. The molecule has 27 heavy (non-hydrogen) atoms. The molecular formula is C18H16F4N4O. The second-order valence-electron chi connectivity index (χ2n) is 6.11. The summed E-state index contributed by atoms with van der Waals surface area (Å²) in [4.78, 5) is 18.0. The molecular weight excluding hydrogens is 364 g/mol. The number of nitrogens with zero attached hydrogens (tertiary/aromatic N) is 3. The van der Waals surface area contributed by atoms with E-state index in [1.807, 2.05) is 0 Å². The molecule has 0 aliphatic rings. The first-order valence-corrected chi connectivity index (χ1v) is 7.98. The number of fused-ring (bicyclic) bond motifs is 1. The lowest BCUT2D eigenvalue weighted by atomic mass is 10.1. The number of hydrogen-bond donors (Lipinski definition) is 1. The van der Waals surface area contributed by atoms with Crippen LogP contribution in [-0.2, 0) is 19.3 Å². The molecule has 2 heterocycles. The smallest absolute Gasteiger partial charge is 0.336 e. The summed E-state index contributed by atoms with van der Waals surface area (Å²) in [5, 5.41) is 0. The number of imidazole rings is 1. The van der Waals surface area contributed by atoms with Crippen molar-refractivity contribution in [2.24, 2.45) is 5.73 Å². The molecule has 2 N–H and O–H groups in total. The molecule has 0 aliphatic heterocycles.